The standard InChI is InChI=1S/C18H19N5O/c24-18-17(19-9-10-22(18)12-5-6-12)20-11-16-21-14-3-1-2-4-15(14)23(16)13-7-8-13/h1-4,9-10,12-13H,5-8,11H2,(H,19,20). The van der Waals surface area contributed by atoms with Crippen LogP contribution in [0, 0.1) is 0 Å². The number of benzene rings is 1. The van der Waals surface area contributed by atoms with E-state index in [0.717, 1.165) is 24.2 Å². The number of hydrogen-bond acceptors (Lipinski definition) is 4. The van der Waals surface area contributed by atoms with E-state index in [1.165, 1.54) is 18.4 Å². The zero-order valence-electron chi connectivity index (χ0n) is 13.4. The summed E-state index contributed by atoms with van der Waals surface area (Å²) in [5.41, 5.74) is 2.15. The summed E-state index contributed by atoms with van der Waals surface area (Å²) in [6.45, 7) is 0.516. The van der Waals surface area contributed by atoms with Crippen LogP contribution >= 0.6 is 0 Å². The van der Waals surface area contributed by atoms with E-state index in [9.17, 15) is 4.79 Å². The maximum absolute atomic E-state index is 12.5. The Balaban J connectivity index is 1.46. The Kier molecular flexibility index (Phi) is 2.98. The summed E-state index contributed by atoms with van der Waals surface area (Å²) in [6.07, 6.45) is 8.05. The first-order valence-electron chi connectivity index (χ1n) is 8.58. The summed E-state index contributed by atoms with van der Waals surface area (Å²) in [5.74, 6) is 1.39. The Morgan fingerprint density at radius 1 is 1.12 bits per heavy atom. The monoisotopic (exact) mass is 321 g/mol. The van der Waals surface area contributed by atoms with E-state index in [4.69, 9.17) is 4.98 Å². The molecule has 2 heterocycles. The molecule has 2 saturated carbocycles. The van der Waals surface area contributed by atoms with E-state index in [1.54, 1.807) is 17.0 Å². The van der Waals surface area contributed by atoms with Crippen LogP contribution in [0.3, 0.4) is 0 Å². The molecule has 0 radical (unpaired) electrons. The molecule has 2 aliphatic rings. The van der Waals surface area contributed by atoms with Gasteiger partial charge in [-0.15, -0.1) is 0 Å². The lowest BCUT2D eigenvalue weighted by Gasteiger charge is -2.10. The van der Waals surface area contributed by atoms with Gasteiger partial charge in [0, 0.05) is 24.5 Å². The van der Waals surface area contributed by atoms with E-state index in [2.05, 4.69) is 20.9 Å². The van der Waals surface area contributed by atoms with Crippen molar-refractivity contribution in [2.75, 3.05) is 5.32 Å². The first-order valence-corrected chi connectivity index (χ1v) is 8.58. The minimum absolute atomic E-state index is 0.0333. The van der Waals surface area contributed by atoms with Crippen LogP contribution in [0.5, 0.6) is 0 Å². The van der Waals surface area contributed by atoms with E-state index < -0.39 is 0 Å². The third kappa shape index (κ3) is 2.29. The Hall–Kier alpha value is -2.63. The molecular weight excluding hydrogens is 302 g/mol. The van der Waals surface area contributed by atoms with Crippen molar-refractivity contribution in [3.05, 3.63) is 52.8 Å². The van der Waals surface area contributed by atoms with Gasteiger partial charge in [-0.1, -0.05) is 12.1 Å². The highest BCUT2D eigenvalue weighted by Gasteiger charge is 2.28. The van der Waals surface area contributed by atoms with Crippen LogP contribution in [-0.2, 0) is 6.54 Å². The fourth-order valence-corrected chi connectivity index (χ4v) is 3.31. The van der Waals surface area contributed by atoms with Gasteiger partial charge in [-0.05, 0) is 37.8 Å². The average Bonchev–Trinajstić information content (AvgIpc) is 3.51. The maximum Gasteiger partial charge on any atom is 0.293 e. The zero-order valence-corrected chi connectivity index (χ0v) is 13.4. The number of aromatic nitrogens is 4. The molecule has 24 heavy (non-hydrogen) atoms. The summed E-state index contributed by atoms with van der Waals surface area (Å²) in [5, 5.41) is 3.21. The van der Waals surface area contributed by atoms with Gasteiger partial charge < -0.3 is 14.5 Å². The van der Waals surface area contributed by atoms with Gasteiger partial charge in [0.1, 0.15) is 5.82 Å². The van der Waals surface area contributed by atoms with Crippen LogP contribution in [0.1, 0.15) is 43.6 Å². The number of nitrogens with one attached hydrogen (secondary N) is 1. The number of nitrogens with zero attached hydrogens (tertiary/aromatic N) is 4. The van der Waals surface area contributed by atoms with Gasteiger partial charge >= 0.3 is 0 Å². The second kappa shape index (κ2) is 5.19. The second-order valence-electron chi connectivity index (χ2n) is 6.69. The highest BCUT2D eigenvalue weighted by Crippen LogP contribution is 2.38. The molecule has 0 unspecified atom stereocenters. The lowest BCUT2D eigenvalue weighted by Crippen LogP contribution is -2.24. The highest BCUT2D eigenvalue weighted by molar-refractivity contribution is 5.76. The minimum Gasteiger partial charge on any atom is -0.358 e. The lowest BCUT2D eigenvalue weighted by molar-refractivity contribution is 0.692. The number of imidazole rings is 1. The van der Waals surface area contributed by atoms with Gasteiger partial charge in [-0.3, -0.25) is 4.79 Å². The molecule has 6 heteroatoms. The maximum atomic E-state index is 12.5. The highest BCUT2D eigenvalue weighted by atomic mass is 16.1. The molecule has 5 rings (SSSR count). The SMILES string of the molecule is O=c1c(NCc2nc3ccccc3n2C2CC2)nccn1C1CC1. The second-order valence-corrected chi connectivity index (χ2v) is 6.69. The molecule has 2 fully saturated rings. The normalized spacial score (nSPS) is 17.3. The molecule has 0 bridgehead atoms. The number of anilines is 1. The summed E-state index contributed by atoms with van der Waals surface area (Å²) in [7, 11) is 0. The van der Waals surface area contributed by atoms with E-state index >= 15 is 0 Å². The van der Waals surface area contributed by atoms with Gasteiger partial charge in [0.2, 0.25) is 0 Å². The molecule has 0 atom stereocenters. The Bertz CT molecular complexity index is 965. The van der Waals surface area contributed by atoms with Crippen LogP contribution in [0.2, 0.25) is 0 Å². The largest absolute Gasteiger partial charge is 0.358 e. The molecule has 1 N–H and O–H groups in total. The minimum atomic E-state index is -0.0333. The lowest BCUT2D eigenvalue weighted by atomic mass is 10.3. The molecule has 2 aliphatic carbocycles. The van der Waals surface area contributed by atoms with E-state index in [0.29, 0.717) is 24.4 Å². The summed E-state index contributed by atoms with van der Waals surface area (Å²) in [4.78, 5) is 21.5. The topological polar surface area (TPSA) is 64.7 Å². The van der Waals surface area contributed by atoms with Crippen molar-refractivity contribution in [2.45, 2.75) is 44.3 Å². The number of hydrogen-bond donors (Lipinski definition) is 1. The number of fused-ring (bicyclic) bond motifs is 1. The van der Waals surface area contributed by atoms with Crippen LogP contribution < -0.4 is 10.9 Å². The number of para-hydroxylation sites is 2. The third-order valence-corrected chi connectivity index (χ3v) is 4.80. The predicted octanol–water partition coefficient (Wildman–Crippen LogP) is 2.87. The van der Waals surface area contributed by atoms with Crippen molar-refractivity contribution in [2.24, 2.45) is 0 Å². The van der Waals surface area contributed by atoms with Gasteiger partial charge in [0.25, 0.3) is 5.56 Å². The number of rotatable bonds is 5. The zero-order chi connectivity index (χ0) is 16.1. The van der Waals surface area contributed by atoms with Gasteiger partial charge in [-0.25, -0.2) is 9.97 Å². The summed E-state index contributed by atoms with van der Waals surface area (Å²) in [6, 6.07) is 9.12. The van der Waals surface area contributed by atoms with Crippen LogP contribution in [-0.4, -0.2) is 19.1 Å². The smallest absolute Gasteiger partial charge is 0.293 e. The molecule has 0 aliphatic heterocycles. The Labute approximate surface area is 139 Å². The molecule has 0 amide bonds. The molecule has 1 aromatic carbocycles. The van der Waals surface area contributed by atoms with Gasteiger partial charge in [-0.2, -0.15) is 0 Å². The van der Waals surface area contributed by atoms with Crippen molar-refractivity contribution in [1.82, 2.24) is 19.1 Å². The third-order valence-electron chi connectivity index (χ3n) is 4.80. The molecule has 2 aromatic heterocycles. The summed E-state index contributed by atoms with van der Waals surface area (Å²) >= 11 is 0. The van der Waals surface area contributed by atoms with Crippen LogP contribution in [0.15, 0.2) is 41.5 Å². The fraction of sp³-hybridized carbons (Fsp3) is 0.389. The first kappa shape index (κ1) is 13.8. The van der Waals surface area contributed by atoms with Gasteiger partial charge in [0.05, 0.1) is 17.6 Å². The molecular formula is C18H19N5O. The molecule has 3 aromatic rings. The Morgan fingerprint density at radius 3 is 2.71 bits per heavy atom. The quantitative estimate of drug-likeness (QED) is 0.785. The van der Waals surface area contributed by atoms with Gasteiger partial charge in [0.15, 0.2) is 5.82 Å². The predicted molar refractivity (Wildman–Crippen MR) is 92.1 cm³/mol. The van der Waals surface area contributed by atoms with Crippen molar-refractivity contribution >= 4 is 16.9 Å². The first-order chi connectivity index (χ1) is 11.8. The van der Waals surface area contributed by atoms with Crippen LogP contribution in [0.4, 0.5) is 5.82 Å². The van der Waals surface area contributed by atoms with Crippen molar-refractivity contribution in [1.29, 1.82) is 0 Å². The van der Waals surface area contributed by atoms with E-state index in [-0.39, 0.29) is 5.56 Å². The Morgan fingerprint density at radius 2 is 1.92 bits per heavy atom. The fourth-order valence-electron chi connectivity index (χ4n) is 3.31. The van der Waals surface area contributed by atoms with Crippen molar-refractivity contribution in [3.8, 4) is 0 Å². The summed E-state index contributed by atoms with van der Waals surface area (Å²) < 4.78 is 4.10. The van der Waals surface area contributed by atoms with Crippen LogP contribution in [0.25, 0.3) is 11.0 Å². The molecule has 122 valence electrons. The average molecular weight is 321 g/mol. The molecule has 0 saturated heterocycles. The van der Waals surface area contributed by atoms with E-state index in [1.807, 2.05) is 18.2 Å². The van der Waals surface area contributed by atoms with Crippen molar-refractivity contribution in [3.63, 3.8) is 0 Å². The molecule has 0 spiro atoms. The molecule has 6 nitrogen and oxygen atoms in total. The van der Waals surface area contributed by atoms with Crippen molar-refractivity contribution < 1.29 is 0 Å².